The molecule has 0 bridgehead atoms. The van der Waals surface area contributed by atoms with Crippen LogP contribution >= 0.6 is 11.6 Å². The highest BCUT2D eigenvalue weighted by Gasteiger charge is 2.17. The van der Waals surface area contributed by atoms with E-state index in [2.05, 4.69) is 9.71 Å². The van der Waals surface area contributed by atoms with Crippen LogP contribution in [-0.4, -0.2) is 20.5 Å². The molecular formula is C12H10ClFN2O3S. The zero-order valence-electron chi connectivity index (χ0n) is 10.3. The summed E-state index contributed by atoms with van der Waals surface area (Å²) in [6.07, 6.45) is 1.28. The average Bonchev–Trinajstić information content (AvgIpc) is 2.40. The standard InChI is InChI=1S/C12H10ClFN2O3S/c1-19-11-6-8(14)2-3-10(11)16-20(17,18)9-4-5-15-12(13)7-9/h2-7,16H,1H3. The summed E-state index contributed by atoms with van der Waals surface area (Å²) >= 11 is 5.66. The van der Waals surface area contributed by atoms with Gasteiger partial charge >= 0.3 is 0 Å². The molecule has 5 nitrogen and oxygen atoms in total. The molecule has 0 fully saturated rings. The monoisotopic (exact) mass is 316 g/mol. The molecule has 8 heteroatoms. The third kappa shape index (κ3) is 3.17. The Balaban J connectivity index is 2.38. The van der Waals surface area contributed by atoms with Gasteiger partial charge in [-0.05, 0) is 24.3 Å². The van der Waals surface area contributed by atoms with Crippen LogP contribution in [-0.2, 0) is 10.0 Å². The fourth-order valence-corrected chi connectivity index (χ4v) is 2.83. The lowest BCUT2D eigenvalue weighted by Gasteiger charge is -2.11. The van der Waals surface area contributed by atoms with Gasteiger partial charge in [0.2, 0.25) is 0 Å². The van der Waals surface area contributed by atoms with Gasteiger partial charge in [-0.15, -0.1) is 0 Å². The number of methoxy groups -OCH3 is 1. The molecule has 106 valence electrons. The van der Waals surface area contributed by atoms with Crippen molar-refractivity contribution in [1.29, 1.82) is 0 Å². The molecule has 0 aliphatic heterocycles. The minimum absolute atomic E-state index is 0.0520. The SMILES string of the molecule is COc1cc(F)ccc1NS(=O)(=O)c1ccnc(Cl)c1. The number of sulfonamides is 1. The van der Waals surface area contributed by atoms with Gasteiger partial charge in [0.25, 0.3) is 10.0 Å². The molecule has 0 saturated heterocycles. The molecule has 0 unspecified atom stereocenters. The summed E-state index contributed by atoms with van der Waals surface area (Å²) in [6.45, 7) is 0. The summed E-state index contributed by atoms with van der Waals surface area (Å²) in [5.74, 6) is -0.453. The first-order valence-corrected chi connectivity index (χ1v) is 7.26. The maximum absolute atomic E-state index is 13.1. The van der Waals surface area contributed by atoms with E-state index in [-0.39, 0.29) is 21.5 Å². The molecular weight excluding hydrogens is 307 g/mol. The minimum atomic E-state index is -3.86. The number of hydrogen-bond donors (Lipinski definition) is 1. The van der Waals surface area contributed by atoms with E-state index in [9.17, 15) is 12.8 Å². The quantitative estimate of drug-likeness (QED) is 0.881. The molecule has 0 atom stereocenters. The number of hydrogen-bond acceptors (Lipinski definition) is 4. The van der Waals surface area contributed by atoms with Gasteiger partial charge in [0, 0.05) is 12.3 Å². The summed E-state index contributed by atoms with van der Waals surface area (Å²) in [7, 11) is -2.54. The number of benzene rings is 1. The summed E-state index contributed by atoms with van der Waals surface area (Å²) in [5.41, 5.74) is 0.127. The second-order valence-electron chi connectivity index (χ2n) is 3.76. The van der Waals surface area contributed by atoms with E-state index in [1.807, 2.05) is 0 Å². The highest BCUT2D eigenvalue weighted by atomic mass is 35.5. The molecule has 1 aromatic heterocycles. The van der Waals surface area contributed by atoms with Gasteiger partial charge in [-0.2, -0.15) is 0 Å². The molecule has 0 aliphatic rings. The summed E-state index contributed by atoms with van der Waals surface area (Å²) in [5, 5.41) is 0.0546. The number of ether oxygens (including phenoxy) is 1. The van der Waals surface area contributed by atoms with E-state index < -0.39 is 15.8 Å². The number of aromatic nitrogens is 1. The summed E-state index contributed by atoms with van der Waals surface area (Å²) < 4.78 is 44.6. The van der Waals surface area contributed by atoms with E-state index in [0.29, 0.717) is 0 Å². The first-order chi connectivity index (χ1) is 9.42. The highest BCUT2D eigenvalue weighted by Crippen LogP contribution is 2.27. The number of halogens is 2. The number of nitrogens with one attached hydrogen (secondary N) is 1. The lowest BCUT2D eigenvalue weighted by molar-refractivity contribution is 0.413. The van der Waals surface area contributed by atoms with Crippen LogP contribution in [0.15, 0.2) is 41.4 Å². The third-order valence-electron chi connectivity index (χ3n) is 2.42. The predicted molar refractivity (Wildman–Crippen MR) is 73.0 cm³/mol. The maximum Gasteiger partial charge on any atom is 0.262 e. The fraction of sp³-hybridized carbons (Fsp3) is 0.0833. The second-order valence-corrected chi connectivity index (χ2v) is 5.83. The molecule has 0 radical (unpaired) electrons. The van der Waals surface area contributed by atoms with Crippen molar-refractivity contribution in [1.82, 2.24) is 4.98 Å². The van der Waals surface area contributed by atoms with E-state index in [1.165, 1.54) is 31.5 Å². The molecule has 2 rings (SSSR count). The van der Waals surface area contributed by atoms with Crippen molar-refractivity contribution in [2.24, 2.45) is 0 Å². The molecule has 1 N–H and O–H groups in total. The van der Waals surface area contributed by atoms with Gasteiger partial charge in [0.15, 0.2) is 0 Å². The largest absolute Gasteiger partial charge is 0.494 e. The lowest BCUT2D eigenvalue weighted by atomic mass is 10.3. The van der Waals surface area contributed by atoms with E-state index in [4.69, 9.17) is 16.3 Å². The van der Waals surface area contributed by atoms with Gasteiger partial charge in [-0.3, -0.25) is 4.72 Å². The topological polar surface area (TPSA) is 68.3 Å². The van der Waals surface area contributed by atoms with Crippen molar-refractivity contribution in [2.45, 2.75) is 4.90 Å². The van der Waals surface area contributed by atoms with Crippen LogP contribution in [0, 0.1) is 5.82 Å². The van der Waals surface area contributed by atoms with E-state index in [0.717, 1.165) is 12.1 Å². The van der Waals surface area contributed by atoms with Crippen molar-refractivity contribution >= 4 is 27.3 Å². The van der Waals surface area contributed by atoms with Gasteiger partial charge in [-0.25, -0.2) is 17.8 Å². The third-order valence-corrected chi connectivity index (χ3v) is 3.99. The Kier molecular flexibility index (Phi) is 4.10. The number of pyridine rings is 1. The van der Waals surface area contributed by atoms with Crippen molar-refractivity contribution in [3.63, 3.8) is 0 Å². The normalized spacial score (nSPS) is 11.2. The first kappa shape index (κ1) is 14.5. The molecule has 1 heterocycles. The molecule has 0 amide bonds. The first-order valence-electron chi connectivity index (χ1n) is 5.40. The smallest absolute Gasteiger partial charge is 0.262 e. The number of anilines is 1. The van der Waals surface area contributed by atoms with Gasteiger partial charge in [0.1, 0.15) is 16.7 Å². The Labute approximate surface area is 120 Å². The van der Waals surface area contributed by atoms with Crippen molar-refractivity contribution in [3.05, 3.63) is 47.5 Å². The van der Waals surface area contributed by atoms with Gasteiger partial charge in [-0.1, -0.05) is 11.6 Å². The number of nitrogens with zero attached hydrogens (tertiary/aromatic N) is 1. The Morgan fingerprint density at radius 1 is 1.30 bits per heavy atom. The second kappa shape index (κ2) is 5.64. The summed E-state index contributed by atoms with van der Waals surface area (Å²) in [6, 6.07) is 5.98. The van der Waals surface area contributed by atoms with Crippen LogP contribution in [0.1, 0.15) is 0 Å². The Morgan fingerprint density at radius 2 is 2.05 bits per heavy atom. The molecule has 1 aromatic carbocycles. The van der Waals surface area contributed by atoms with Crippen molar-refractivity contribution in [2.75, 3.05) is 11.8 Å². The Bertz CT molecular complexity index is 737. The Hall–Kier alpha value is -1.86. The zero-order chi connectivity index (χ0) is 14.8. The highest BCUT2D eigenvalue weighted by molar-refractivity contribution is 7.92. The molecule has 2 aromatic rings. The van der Waals surface area contributed by atoms with Gasteiger partial charge < -0.3 is 4.74 Å². The fourth-order valence-electron chi connectivity index (χ4n) is 1.50. The van der Waals surface area contributed by atoms with Crippen molar-refractivity contribution < 1.29 is 17.5 Å². The number of rotatable bonds is 4. The predicted octanol–water partition coefficient (Wildman–Crippen LogP) is 2.68. The Morgan fingerprint density at radius 3 is 2.70 bits per heavy atom. The van der Waals surface area contributed by atoms with Gasteiger partial charge in [0.05, 0.1) is 17.7 Å². The van der Waals surface area contributed by atoms with Crippen LogP contribution in [0.2, 0.25) is 5.15 Å². The zero-order valence-corrected chi connectivity index (χ0v) is 11.9. The van der Waals surface area contributed by atoms with Crippen LogP contribution in [0.4, 0.5) is 10.1 Å². The average molecular weight is 317 g/mol. The van der Waals surface area contributed by atoms with Crippen LogP contribution in [0.3, 0.4) is 0 Å². The lowest BCUT2D eigenvalue weighted by Crippen LogP contribution is -2.13. The van der Waals surface area contributed by atoms with Crippen LogP contribution in [0.5, 0.6) is 5.75 Å². The molecule has 0 saturated carbocycles. The van der Waals surface area contributed by atoms with Crippen LogP contribution < -0.4 is 9.46 Å². The maximum atomic E-state index is 13.1. The molecule has 20 heavy (non-hydrogen) atoms. The summed E-state index contributed by atoms with van der Waals surface area (Å²) in [4.78, 5) is 3.65. The molecule has 0 spiro atoms. The van der Waals surface area contributed by atoms with Crippen LogP contribution in [0.25, 0.3) is 0 Å². The minimum Gasteiger partial charge on any atom is -0.494 e. The van der Waals surface area contributed by atoms with E-state index in [1.54, 1.807) is 0 Å². The molecule has 0 aliphatic carbocycles. The van der Waals surface area contributed by atoms with Crippen molar-refractivity contribution in [3.8, 4) is 5.75 Å². The van der Waals surface area contributed by atoms with E-state index >= 15 is 0 Å².